The number of hydrogen-bond acceptors (Lipinski definition) is 7. The number of allylic oxidation sites excluding steroid dienone is 1. The number of amides is 1. The molecule has 0 radical (unpaired) electrons. The van der Waals surface area contributed by atoms with Crippen LogP contribution in [0.4, 0.5) is 17.1 Å². The number of carbonyl (C=O) groups is 2. The van der Waals surface area contributed by atoms with E-state index < -0.39 is 27.1 Å². The molecule has 0 spiro atoms. The molecule has 0 fully saturated rings. The number of benzene rings is 1. The van der Waals surface area contributed by atoms with Crippen molar-refractivity contribution in [2.45, 2.75) is 0 Å². The van der Waals surface area contributed by atoms with Crippen LogP contribution in [-0.4, -0.2) is 22.0 Å². The zero-order chi connectivity index (χ0) is 15.1. The van der Waals surface area contributed by atoms with Crippen molar-refractivity contribution in [3.63, 3.8) is 0 Å². The van der Waals surface area contributed by atoms with Crippen LogP contribution in [-0.2, 0) is 9.59 Å². The standard InChI is InChI=1S/C10H8N4O6/c15-5-1-2-10(16)12-11-8-4-3-7(13(17)18)6-9(8)14(19)20/h1-6,11H,(H,12,16). The van der Waals surface area contributed by atoms with E-state index in [1.165, 1.54) is 0 Å². The second-order valence-corrected chi connectivity index (χ2v) is 3.33. The molecule has 1 aromatic carbocycles. The largest absolute Gasteiger partial charge is 0.300 e. The Morgan fingerprint density at radius 3 is 2.45 bits per heavy atom. The van der Waals surface area contributed by atoms with Gasteiger partial charge in [0.15, 0.2) is 0 Å². The third-order valence-corrected chi connectivity index (χ3v) is 2.04. The Morgan fingerprint density at radius 2 is 1.90 bits per heavy atom. The van der Waals surface area contributed by atoms with Gasteiger partial charge in [0.05, 0.1) is 15.9 Å². The van der Waals surface area contributed by atoms with Crippen molar-refractivity contribution in [2.75, 3.05) is 5.43 Å². The molecule has 0 bridgehead atoms. The molecular weight excluding hydrogens is 272 g/mol. The van der Waals surface area contributed by atoms with Gasteiger partial charge in [0.1, 0.15) is 12.0 Å². The van der Waals surface area contributed by atoms with E-state index in [-0.39, 0.29) is 5.69 Å². The van der Waals surface area contributed by atoms with E-state index in [9.17, 15) is 29.8 Å². The fourth-order valence-corrected chi connectivity index (χ4v) is 1.19. The van der Waals surface area contributed by atoms with E-state index in [2.05, 4.69) is 10.9 Å². The Labute approximate surface area is 111 Å². The number of nitro groups is 2. The summed E-state index contributed by atoms with van der Waals surface area (Å²) < 4.78 is 0. The first kappa shape index (κ1) is 14.8. The first-order valence-corrected chi connectivity index (χ1v) is 5.06. The second kappa shape index (κ2) is 6.58. The van der Waals surface area contributed by atoms with Gasteiger partial charge >= 0.3 is 5.69 Å². The molecule has 0 aliphatic rings. The van der Waals surface area contributed by atoms with Crippen molar-refractivity contribution in [1.82, 2.24) is 5.43 Å². The van der Waals surface area contributed by atoms with Crippen LogP contribution in [0.5, 0.6) is 0 Å². The Hall–Kier alpha value is -3.30. The van der Waals surface area contributed by atoms with Crippen LogP contribution in [0, 0.1) is 20.2 Å². The Bertz CT molecular complexity index is 597. The third-order valence-electron chi connectivity index (χ3n) is 2.04. The Balaban J connectivity index is 2.92. The number of nitrogens with zero attached hydrogens (tertiary/aromatic N) is 2. The molecule has 0 atom stereocenters. The fraction of sp³-hybridized carbons (Fsp3) is 0. The maximum Gasteiger partial charge on any atom is 0.300 e. The minimum Gasteiger partial charge on any atom is -0.299 e. The molecule has 0 heterocycles. The smallest absolute Gasteiger partial charge is 0.299 e. The van der Waals surface area contributed by atoms with Gasteiger partial charge < -0.3 is 0 Å². The maximum atomic E-state index is 11.1. The number of anilines is 1. The van der Waals surface area contributed by atoms with Gasteiger partial charge in [-0.2, -0.15) is 0 Å². The first-order valence-electron chi connectivity index (χ1n) is 5.06. The normalized spacial score (nSPS) is 10.0. The van der Waals surface area contributed by atoms with Crippen LogP contribution < -0.4 is 10.9 Å². The van der Waals surface area contributed by atoms with Crippen molar-refractivity contribution >= 4 is 29.3 Å². The van der Waals surface area contributed by atoms with Gasteiger partial charge in [-0.05, 0) is 12.1 Å². The highest BCUT2D eigenvalue weighted by Gasteiger charge is 2.19. The van der Waals surface area contributed by atoms with Crippen molar-refractivity contribution < 1.29 is 19.4 Å². The number of hydrazine groups is 1. The van der Waals surface area contributed by atoms with Crippen LogP contribution >= 0.6 is 0 Å². The van der Waals surface area contributed by atoms with Crippen molar-refractivity contribution in [2.24, 2.45) is 0 Å². The molecule has 20 heavy (non-hydrogen) atoms. The van der Waals surface area contributed by atoms with E-state index in [1.807, 2.05) is 0 Å². The highest BCUT2D eigenvalue weighted by molar-refractivity contribution is 5.91. The van der Waals surface area contributed by atoms with E-state index in [1.54, 1.807) is 0 Å². The molecule has 0 aliphatic carbocycles. The zero-order valence-corrected chi connectivity index (χ0v) is 9.81. The quantitative estimate of drug-likeness (QED) is 0.337. The summed E-state index contributed by atoms with van der Waals surface area (Å²) in [5, 5.41) is 21.3. The van der Waals surface area contributed by atoms with Gasteiger partial charge in [-0.1, -0.05) is 0 Å². The van der Waals surface area contributed by atoms with Crippen LogP contribution in [0.15, 0.2) is 30.4 Å². The van der Waals surface area contributed by atoms with Gasteiger partial charge in [-0.15, -0.1) is 0 Å². The molecule has 1 rings (SSSR count). The van der Waals surface area contributed by atoms with Crippen molar-refractivity contribution in [3.05, 3.63) is 50.6 Å². The lowest BCUT2D eigenvalue weighted by Gasteiger charge is -2.06. The number of aldehydes is 1. The van der Waals surface area contributed by atoms with Crippen LogP contribution in [0.25, 0.3) is 0 Å². The average Bonchev–Trinajstić information content (AvgIpc) is 2.42. The lowest BCUT2D eigenvalue weighted by atomic mass is 10.2. The van der Waals surface area contributed by atoms with E-state index >= 15 is 0 Å². The SMILES string of the molecule is O=CC=CC(=O)NNc1ccc([N+](=O)[O-])cc1[N+](=O)[O-]. The molecule has 10 nitrogen and oxygen atoms in total. The molecule has 0 unspecified atom stereocenters. The number of nitrogens with one attached hydrogen (secondary N) is 2. The number of hydrogen-bond donors (Lipinski definition) is 2. The van der Waals surface area contributed by atoms with E-state index in [4.69, 9.17) is 0 Å². The van der Waals surface area contributed by atoms with E-state index in [0.717, 1.165) is 30.4 Å². The van der Waals surface area contributed by atoms with Gasteiger partial charge in [0, 0.05) is 12.1 Å². The second-order valence-electron chi connectivity index (χ2n) is 3.33. The first-order chi connectivity index (χ1) is 9.45. The number of nitro benzene ring substituents is 2. The molecule has 0 saturated carbocycles. The average molecular weight is 280 g/mol. The molecular formula is C10H8N4O6. The van der Waals surface area contributed by atoms with E-state index in [0.29, 0.717) is 6.29 Å². The van der Waals surface area contributed by atoms with Gasteiger partial charge in [0.25, 0.3) is 11.6 Å². The number of non-ortho nitro benzene ring substituents is 1. The highest BCUT2D eigenvalue weighted by atomic mass is 16.6. The summed E-state index contributed by atoms with van der Waals surface area (Å²) in [4.78, 5) is 40.8. The third kappa shape index (κ3) is 3.87. The molecule has 0 aromatic heterocycles. The minimum absolute atomic E-state index is 0.131. The van der Waals surface area contributed by atoms with Gasteiger partial charge in [-0.3, -0.25) is 40.7 Å². The monoisotopic (exact) mass is 280 g/mol. The number of carbonyl (C=O) groups excluding carboxylic acids is 2. The molecule has 2 N–H and O–H groups in total. The Morgan fingerprint density at radius 1 is 1.20 bits per heavy atom. The highest BCUT2D eigenvalue weighted by Crippen LogP contribution is 2.28. The summed E-state index contributed by atoms with van der Waals surface area (Å²) in [5.41, 5.74) is 3.16. The molecule has 1 aromatic rings. The van der Waals surface area contributed by atoms with Gasteiger partial charge in [-0.25, -0.2) is 0 Å². The zero-order valence-electron chi connectivity index (χ0n) is 9.81. The van der Waals surface area contributed by atoms with Crippen LogP contribution in [0.3, 0.4) is 0 Å². The minimum atomic E-state index is -0.831. The molecule has 1 amide bonds. The summed E-state index contributed by atoms with van der Waals surface area (Å²) in [7, 11) is 0. The number of rotatable bonds is 6. The summed E-state index contributed by atoms with van der Waals surface area (Å²) in [6, 6.07) is 2.89. The maximum absolute atomic E-state index is 11.1. The van der Waals surface area contributed by atoms with Crippen molar-refractivity contribution in [3.8, 4) is 0 Å². The predicted octanol–water partition coefficient (Wildman–Crippen LogP) is 0.701. The van der Waals surface area contributed by atoms with Crippen molar-refractivity contribution in [1.29, 1.82) is 0 Å². The summed E-state index contributed by atoms with van der Waals surface area (Å²) in [5.74, 6) is -0.718. The summed E-state index contributed by atoms with van der Waals surface area (Å²) >= 11 is 0. The molecule has 104 valence electrons. The lowest BCUT2D eigenvalue weighted by Crippen LogP contribution is -2.27. The molecule has 10 heteroatoms. The molecule has 0 aliphatic heterocycles. The Kier molecular flexibility index (Phi) is 4.86. The van der Waals surface area contributed by atoms with Crippen LogP contribution in [0.1, 0.15) is 0 Å². The van der Waals surface area contributed by atoms with Crippen LogP contribution in [0.2, 0.25) is 0 Å². The molecule has 0 saturated heterocycles. The topological polar surface area (TPSA) is 144 Å². The van der Waals surface area contributed by atoms with Gasteiger partial charge in [0.2, 0.25) is 0 Å². The fourth-order valence-electron chi connectivity index (χ4n) is 1.19. The predicted molar refractivity (Wildman–Crippen MR) is 66.7 cm³/mol. The summed E-state index contributed by atoms with van der Waals surface area (Å²) in [6.07, 6.45) is 2.21. The summed E-state index contributed by atoms with van der Waals surface area (Å²) in [6.45, 7) is 0. The lowest BCUT2D eigenvalue weighted by molar-refractivity contribution is -0.393.